The third-order valence-corrected chi connectivity index (χ3v) is 6.17. The topological polar surface area (TPSA) is 65.5 Å². The number of carbonyl (C=O) groups is 2. The summed E-state index contributed by atoms with van der Waals surface area (Å²) in [4.78, 5) is 29.7. The van der Waals surface area contributed by atoms with E-state index in [0.717, 1.165) is 11.1 Å². The van der Waals surface area contributed by atoms with Gasteiger partial charge in [-0.25, -0.2) is 0 Å². The number of carbonyl (C=O) groups excluding carboxylic acids is 2. The van der Waals surface area contributed by atoms with Gasteiger partial charge in [-0.3, -0.25) is 14.6 Å². The number of pyridine rings is 1. The summed E-state index contributed by atoms with van der Waals surface area (Å²) in [5.41, 5.74) is 3.59. The van der Waals surface area contributed by atoms with Crippen molar-refractivity contribution in [1.82, 2.24) is 4.98 Å². The fraction of sp³-hybridized carbons (Fsp3) is 0.269. The molecule has 5 rings (SSSR count). The van der Waals surface area contributed by atoms with E-state index in [4.69, 9.17) is 0 Å². The monoisotopic (exact) mass is 449 g/mol. The number of benzene rings is 2. The summed E-state index contributed by atoms with van der Waals surface area (Å²) in [5, 5.41) is 0. The highest BCUT2D eigenvalue weighted by molar-refractivity contribution is 5.95. The Bertz CT molecular complexity index is 1300. The predicted molar refractivity (Wildman–Crippen MR) is 117 cm³/mol. The standard InChI is InChI=1S/C26H21F2NO4/c1-15-10-20(29-21(11-15)18-5-3-4-17(12-18)16(2)30)14-24(31)25(8-9-25)19-6-7-22-23(13-19)33-26(27,28)32-22/h3-7,10-13H,8-9,14H2,1-2H3. The molecule has 0 unspecified atom stereocenters. The first-order valence-electron chi connectivity index (χ1n) is 10.7. The molecular formula is C26H21F2NO4. The molecule has 2 aromatic carbocycles. The molecule has 0 atom stereocenters. The third-order valence-electron chi connectivity index (χ3n) is 6.17. The van der Waals surface area contributed by atoms with Crippen LogP contribution in [0.3, 0.4) is 0 Å². The lowest BCUT2D eigenvalue weighted by Crippen LogP contribution is -2.26. The Morgan fingerprint density at radius 3 is 2.48 bits per heavy atom. The van der Waals surface area contributed by atoms with E-state index < -0.39 is 11.7 Å². The van der Waals surface area contributed by atoms with Gasteiger partial charge < -0.3 is 9.47 Å². The van der Waals surface area contributed by atoms with Crippen LogP contribution in [0.15, 0.2) is 54.6 Å². The SMILES string of the molecule is CC(=O)c1cccc(-c2cc(C)cc(CC(=O)C3(c4ccc5c(c4)OC(F)(F)O5)CC3)n2)c1. The van der Waals surface area contributed by atoms with Gasteiger partial charge in [0.05, 0.1) is 11.1 Å². The van der Waals surface area contributed by atoms with Crippen molar-refractivity contribution in [3.8, 4) is 22.8 Å². The van der Waals surface area contributed by atoms with E-state index in [2.05, 4.69) is 14.5 Å². The van der Waals surface area contributed by atoms with E-state index in [0.29, 0.717) is 35.4 Å². The maximum Gasteiger partial charge on any atom is 0.586 e. The maximum atomic E-state index is 13.4. The lowest BCUT2D eigenvalue weighted by molar-refractivity contribution is -0.286. The minimum absolute atomic E-state index is 0.0188. The first kappa shape index (κ1) is 21.2. The number of halogens is 2. The molecule has 33 heavy (non-hydrogen) atoms. The second kappa shape index (κ2) is 7.47. The lowest BCUT2D eigenvalue weighted by atomic mass is 9.88. The fourth-order valence-electron chi connectivity index (χ4n) is 4.31. The quantitative estimate of drug-likeness (QED) is 0.470. The van der Waals surface area contributed by atoms with Gasteiger partial charge in [0.1, 0.15) is 5.78 Å². The van der Waals surface area contributed by atoms with Crippen molar-refractivity contribution >= 4 is 11.6 Å². The van der Waals surface area contributed by atoms with Crippen molar-refractivity contribution in [2.75, 3.05) is 0 Å². The molecule has 0 radical (unpaired) electrons. The molecular weight excluding hydrogens is 428 g/mol. The van der Waals surface area contributed by atoms with E-state index >= 15 is 0 Å². The van der Waals surface area contributed by atoms with Gasteiger partial charge in [-0.1, -0.05) is 24.3 Å². The molecule has 0 bridgehead atoms. The van der Waals surface area contributed by atoms with Crippen molar-refractivity contribution in [2.24, 2.45) is 0 Å². The predicted octanol–water partition coefficient (Wildman–Crippen LogP) is 5.42. The molecule has 0 N–H and O–H groups in total. The summed E-state index contributed by atoms with van der Waals surface area (Å²) in [5.74, 6) is -0.144. The zero-order valence-electron chi connectivity index (χ0n) is 18.2. The number of rotatable bonds is 6. The second-order valence-corrected chi connectivity index (χ2v) is 8.67. The number of hydrogen-bond donors (Lipinski definition) is 0. The number of fused-ring (bicyclic) bond motifs is 1. The first-order chi connectivity index (χ1) is 15.6. The van der Waals surface area contributed by atoms with Gasteiger partial charge in [0.2, 0.25) is 0 Å². The molecule has 2 aliphatic rings. The van der Waals surface area contributed by atoms with E-state index in [-0.39, 0.29) is 29.5 Å². The average Bonchev–Trinajstić information content (AvgIpc) is 3.50. The normalized spacial score (nSPS) is 17.0. The summed E-state index contributed by atoms with van der Waals surface area (Å²) in [6, 6.07) is 15.6. The van der Waals surface area contributed by atoms with E-state index in [1.807, 2.05) is 31.2 Å². The van der Waals surface area contributed by atoms with Crippen molar-refractivity contribution in [3.05, 3.63) is 77.0 Å². The highest BCUT2D eigenvalue weighted by atomic mass is 19.3. The molecule has 1 aliphatic carbocycles. The highest BCUT2D eigenvalue weighted by Crippen LogP contribution is 2.52. The van der Waals surface area contributed by atoms with Crippen LogP contribution in [0.25, 0.3) is 11.3 Å². The Morgan fingerprint density at radius 2 is 1.76 bits per heavy atom. The second-order valence-electron chi connectivity index (χ2n) is 8.67. The number of ether oxygens (including phenoxy) is 2. The van der Waals surface area contributed by atoms with Gasteiger partial charge in [-0.15, -0.1) is 8.78 Å². The Morgan fingerprint density at radius 1 is 1.00 bits per heavy atom. The van der Waals surface area contributed by atoms with Gasteiger partial charge in [0.25, 0.3) is 0 Å². The maximum absolute atomic E-state index is 13.4. The van der Waals surface area contributed by atoms with Crippen LogP contribution in [-0.4, -0.2) is 22.8 Å². The van der Waals surface area contributed by atoms with Crippen LogP contribution in [0, 0.1) is 6.92 Å². The molecule has 1 fully saturated rings. The fourth-order valence-corrected chi connectivity index (χ4v) is 4.31. The Kier molecular flexibility index (Phi) is 4.81. The van der Waals surface area contributed by atoms with Crippen LogP contribution >= 0.6 is 0 Å². The van der Waals surface area contributed by atoms with Gasteiger partial charge in [-0.05, 0) is 68.1 Å². The molecule has 5 nitrogen and oxygen atoms in total. The summed E-state index contributed by atoms with van der Waals surface area (Å²) in [7, 11) is 0. The van der Waals surface area contributed by atoms with Crippen molar-refractivity contribution in [3.63, 3.8) is 0 Å². The number of hydrogen-bond acceptors (Lipinski definition) is 5. The van der Waals surface area contributed by atoms with E-state index in [1.54, 1.807) is 18.2 Å². The van der Waals surface area contributed by atoms with Crippen LogP contribution in [0.5, 0.6) is 11.5 Å². The van der Waals surface area contributed by atoms with Crippen molar-refractivity contribution < 1.29 is 27.8 Å². The number of aryl methyl sites for hydroxylation is 1. The largest absolute Gasteiger partial charge is 0.586 e. The lowest BCUT2D eigenvalue weighted by Gasteiger charge is -2.15. The minimum Gasteiger partial charge on any atom is -0.395 e. The van der Waals surface area contributed by atoms with E-state index in [1.165, 1.54) is 19.1 Å². The Balaban J connectivity index is 1.41. The van der Waals surface area contributed by atoms with Crippen molar-refractivity contribution in [1.29, 1.82) is 0 Å². The van der Waals surface area contributed by atoms with Gasteiger partial charge in [0.15, 0.2) is 17.3 Å². The Labute approximate surface area is 189 Å². The van der Waals surface area contributed by atoms with Crippen LogP contribution < -0.4 is 9.47 Å². The molecule has 0 saturated heterocycles. The van der Waals surface area contributed by atoms with Crippen LogP contribution in [0.4, 0.5) is 8.78 Å². The molecule has 2 heterocycles. The van der Waals surface area contributed by atoms with Gasteiger partial charge in [-0.2, -0.15) is 0 Å². The number of nitrogens with zero attached hydrogens (tertiary/aromatic N) is 1. The summed E-state index contributed by atoms with van der Waals surface area (Å²) in [6.45, 7) is 3.44. The number of Topliss-reactive ketones (excluding diaryl/α,β-unsaturated/α-hetero) is 2. The van der Waals surface area contributed by atoms with Gasteiger partial charge >= 0.3 is 6.29 Å². The molecule has 1 aliphatic heterocycles. The molecule has 1 aromatic heterocycles. The highest BCUT2D eigenvalue weighted by Gasteiger charge is 2.52. The smallest absolute Gasteiger partial charge is 0.395 e. The zero-order valence-corrected chi connectivity index (χ0v) is 18.2. The summed E-state index contributed by atoms with van der Waals surface area (Å²) < 4.78 is 35.8. The number of aromatic nitrogens is 1. The van der Waals surface area contributed by atoms with Crippen molar-refractivity contribution in [2.45, 2.75) is 44.8 Å². The first-order valence-corrected chi connectivity index (χ1v) is 10.7. The molecule has 0 spiro atoms. The van der Waals surface area contributed by atoms with E-state index in [9.17, 15) is 18.4 Å². The van der Waals surface area contributed by atoms with Crippen LogP contribution in [0.1, 0.15) is 46.9 Å². The molecule has 168 valence electrons. The number of alkyl halides is 2. The Hall–Kier alpha value is -3.61. The summed E-state index contributed by atoms with van der Waals surface area (Å²) >= 11 is 0. The summed E-state index contributed by atoms with van der Waals surface area (Å²) in [6.07, 6.45) is -2.29. The molecule has 7 heteroatoms. The average molecular weight is 449 g/mol. The third kappa shape index (κ3) is 3.99. The van der Waals surface area contributed by atoms with Crippen LogP contribution in [-0.2, 0) is 16.6 Å². The molecule has 3 aromatic rings. The van der Waals surface area contributed by atoms with Crippen LogP contribution in [0.2, 0.25) is 0 Å². The zero-order chi connectivity index (χ0) is 23.4. The molecule has 1 saturated carbocycles. The molecule has 0 amide bonds. The van der Waals surface area contributed by atoms with Gasteiger partial charge in [0, 0.05) is 23.2 Å². The minimum atomic E-state index is -3.69. The number of ketones is 2.